The van der Waals surface area contributed by atoms with Crippen LogP contribution in [0.1, 0.15) is 32.3 Å². The second-order valence-corrected chi connectivity index (χ2v) is 5.57. The maximum absolute atomic E-state index is 6.01. The van der Waals surface area contributed by atoms with Gasteiger partial charge in [-0.1, -0.05) is 12.1 Å². The van der Waals surface area contributed by atoms with Crippen molar-refractivity contribution in [1.29, 1.82) is 0 Å². The van der Waals surface area contributed by atoms with Crippen LogP contribution < -0.4 is 10.5 Å². The Morgan fingerprint density at radius 3 is 2.75 bits per heavy atom. The Balaban J connectivity index is 1.95. The normalized spacial score (nSPS) is 16.2. The van der Waals surface area contributed by atoms with Crippen LogP contribution in [0.25, 0.3) is 0 Å². The van der Waals surface area contributed by atoms with E-state index in [0.717, 1.165) is 24.7 Å². The van der Waals surface area contributed by atoms with Gasteiger partial charge in [0, 0.05) is 5.54 Å². The van der Waals surface area contributed by atoms with Gasteiger partial charge in [0.25, 0.3) is 0 Å². The van der Waals surface area contributed by atoms with Gasteiger partial charge in [-0.05, 0) is 56.7 Å². The molecule has 1 aromatic carbocycles. The summed E-state index contributed by atoms with van der Waals surface area (Å²) in [6.45, 7) is 4.96. The van der Waals surface area contributed by atoms with E-state index >= 15 is 0 Å². The molecule has 1 fully saturated rings. The minimum atomic E-state index is -0.158. The molecule has 0 heterocycles. The number of hydrogen-bond acceptors (Lipinski definition) is 2. The standard InChI is InChI=1S/C14H21NO/c1-14(2,15)9-12-4-3-5-13(8-12)16-10-11-6-7-11/h3-5,8,11H,6-7,9-10,15H2,1-2H3. The van der Waals surface area contributed by atoms with Crippen molar-refractivity contribution in [2.24, 2.45) is 11.7 Å². The second-order valence-electron chi connectivity index (χ2n) is 5.57. The highest BCUT2D eigenvalue weighted by molar-refractivity contribution is 5.29. The molecule has 2 N–H and O–H groups in total. The van der Waals surface area contributed by atoms with Crippen molar-refractivity contribution in [2.75, 3.05) is 6.61 Å². The first-order valence-electron chi connectivity index (χ1n) is 6.03. The van der Waals surface area contributed by atoms with Gasteiger partial charge in [0.15, 0.2) is 0 Å². The highest BCUT2D eigenvalue weighted by Gasteiger charge is 2.21. The Morgan fingerprint density at radius 2 is 2.12 bits per heavy atom. The van der Waals surface area contributed by atoms with Crippen molar-refractivity contribution < 1.29 is 4.74 Å². The molecular formula is C14H21NO. The van der Waals surface area contributed by atoms with Crippen LogP contribution in [0.2, 0.25) is 0 Å². The van der Waals surface area contributed by atoms with E-state index in [1.54, 1.807) is 0 Å². The molecule has 1 aliphatic rings. The van der Waals surface area contributed by atoms with Crippen molar-refractivity contribution in [3.63, 3.8) is 0 Å². The summed E-state index contributed by atoms with van der Waals surface area (Å²) in [6.07, 6.45) is 3.54. The molecule has 0 aromatic heterocycles. The lowest BCUT2D eigenvalue weighted by Gasteiger charge is -2.18. The van der Waals surface area contributed by atoms with Crippen molar-refractivity contribution in [3.8, 4) is 5.75 Å². The van der Waals surface area contributed by atoms with Gasteiger partial charge in [0.05, 0.1) is 6.61 Å². The van der Waals surface area contributed by atoms with Gasteiger partial charge in [0.2, 0.25) is 0 Å². The molecule has 2 heteroatoms. The van der Waals surface area contributed by atoms with Crippen molar-refractivity contribution in [2.45, 2.75) is 38.6 Å². The quantitative estimate of drug-likeness (QED) is 0.826. The Morgan fingerprint density at radius 1 is 1.38 bits per heavy atom. The third-order valence-electron chi connectivity index (χ3n) is 2.74. The van der Waals surface area contributed by atoms with E-state index < -0.39 is 0 Å². The molecule has 1 aliphatic carbocycles. The predicted octanol–water partition coefficient (Wildman–Crippen LogP) is 2.76. The molecular weight excluding hydrogens is 198 g/mol. The molecule has 0 amide bonds. The summed E-state index contributed by atoms with van der Waals surface area (Å²) in [5.41, 5.74) is 7.10. The van der Waals surface area contributed by atoms with E-state index in [1.807, 2.05) is 26.0 Å². The molecule has 0 atom stereocenters. The topological polar surface area (TPSA) is 35.2 Å². The Bertz CT molecular complexity index is 350. The molecule has 0 bridgehead atoms. The fourth-order valence-electron chi connectivity index (χ4n) is 1.77. The molecule has 0 spiro atoms. The first-order chi connectivity index (χ1) is 7.53. The van der Waals surface area contributed by atoms with Gasteiger partial charge in [-0.3, -0.25) is 0 Å². The molecule has 16 heavy (non-hydrogen) atoms. The Kier molecular flexibility index (Phi) is 3.20. The van der Waals surface area contributed by atoms with Crippen LogP contribution in [0.5, 0.6) is 5.75 Å². The summed E-state index contributed by atoms with van der Waals surface area (Å²) >= 11 is 0. The molecule has 0 aliphatic heterocycles. The second kappa shape index (κ2) is 4.46. The van der Waals surface area contributed by atoms with Gasteiger partial charge in [-0.15, -0.1) is 0 Å². The number of hydrogen-bond donors (Lipinski definition) is 1. The van der Waals surface area contributed by atoms with E-state index in [0.29, 0.717) is 0 Å². The van der Waals surface area contributed by atoms with Crippen molar-refractivity contribution in [1.82, 2.24) is 0 Å². The van der Waals surface area contributed by atoms with Crippen molar-refractivity contribution in [3.05, 3.63) is 29.8 Å². The number of rotatable bonds is 5. The zero-order chi connectivity index (χ0) is 11.6. The summed E-state index contributed by atoms with van der Waals surface area (Å²) in [4.78, 5) is 0. The van der Waals surface area contributed by atoms with Crippen LogP contribution in [-0.4, -0.2) is 12.1 Å². The maximum atomic E-state index is 6.01. The Hall–Kier alpha value is -1.02. The van der Waals surface area contributed by atoms with Gasteiger partial charge in [0.1, 0.15) is 5.75 Å². The van der Waals surface area contributed by atoms with E-state index in [9.17, 15) is 0 Å². The predicted molar refractivity (Wildman–Crippen MR) is 66.6 cm³/mol. The SMILES string of the molecule is CC(C)(N)Cc1cccc(OCC2CC2)c1. The highest BCUT2D eigenvalue weighted by Crippen LogP contribution is 2.29. The van der Waals surface area contributed by atoms with Crippen LogP contribution in [-0.2, 0) is 6.42 Å². The van der Waals surface area contributed by atoms with E-state index in [1.165, 1.54) is 18.4 Å². The van der Waals surface area contributed by atoms with Crippen LogP contribution in [0, 0.1) is 5.92 Å². The van der Waals surface area contributed by atoms with E-state index in [4.69, 9.17) is 10.5 Å². The summed E-state index contributed by atoms with van der Waals surface area (Å²) in [5.74, 6) is 1.78. The van der Waals surface area contributed by atoms with Crippen LogP contribution in [0.4, 0.5) is 0 Å². The Labute approximate surface area is 97.8 Å². The van der Waals surface area contributed by atoms with E-state index in [-0.39, 0.29) is 5.54 Å². The minimum absolute atomic E-state index is 0.158. The molecule has 0 radical (unpaired) electrons. The zero-order valence-electron chi connectivity index (χ0n) is 10.2. The first-order valence-corrected chi connectivity index (χ1v) is 6.03. The minimum Gasteiger partial charge on any atom is -0.493 e. The van der Waals surface area contributed by atoms with Crippen molar-refractivity contribution >= 4 is 0 Å². The first kappa shape index (κ1) is 11.5. The summed E-state index contributed by atoms with van der Waals surface area (Å²) in [6, 6.07) is 8.29. The third kappa shape index (κ3) is 3.86. The summed E-state index contributed by atoms with van der Waals surface area (Å²) in [5, 5.41) is 0. The van der Waals surface area contributed by atoms with Crippen LogP contribution in [0.15, 0.2) is 24.3 Å². The lowest BCUT2D eigenvalue weighted by Crippen LogP contribution is -2.34. The van der Waals surface area contributed by atoms with Gasteiger partial charge in [-0.25, -0.2) is 0 Å². The summed E-state index contributed by atoms with van der Waals surface area (Å²) < 4.78 is 5.74. The fourth-order valence-corrected chi connectivity index (χ4v) is 1.77. The average molecular weight is 219 g/mol. The number of nitrogens with two attached hydrogens (primary N) is 1. The molecule has 2 nitrogen and oxygen atoms in total. The lowest BCUT2D eigenvalue weighted by atomic mass is 9.96. The highest BCUT2D eigenvalue weighted by atomic mass is 16.5. The number of benzene rings is 1. The molecule has 0 saturated heterocycles. The largest absolute Gasteiger partial charge is 0.493 e. The molecule has 0 unspecified atom stereocenters. The van der Waals surface area contributed by atoms with E-state index in [2.05, 4.69) is 12.1 Å². The maximum Gasteiger partial charge on any atom is 0.119 e. The van der Waals surface area contributed by atoms with Gasteiger partial charge in [-0.2, -0.15) is 0 Å². The number of ether oxygens (including phenoxy) is 1. The van der Waals surface area contributed by atoms with Crippen LogP contribution >= 0.6 is 0 Å². The van der Waals surface area contributed by atoms with Gasteiger partial charge >= 0.3 is 0 Å². The zero-order valence-corrected chi connectivity index (χ0v) is 10.2. The lowest BCUT2D eigenvalue weighted by molar-refractivity contribution is 0.299. The smallest absolute Gasteiger partial charge is 0.119 e. The molecule has 1 saturated carbocycles. The molecule has 2 rings (SSSR count). The molecule has 88 valence electrons. The molecule has 1 aromatic rings. The summed E-state index contributed by atoms with van der Waals surface area (Å²) in [7, 11) is 0. The average Bonchev–Trinajstić information content (AvgIpc) is 2.96. The van der Waals surface area contributed by atoms with Crippen LogP contribution in [0.3, 0.4) is 0 Å². The third-order valence-corrected chi connectivity index (χ3v) is 2.74. The van der Waals surface area contributed by atoms with Gasteiger partial charge < -0.3 is 10.5 Å². The fraction of sp³-hybridized carbons (Fsp3) is 0.571. The monoisotopic (exact) mass is 219 g/mol.